The fourth-order valence-electron chi connectivity index (χ4n) is 1.98. The van der Waals surface area contributed by atoms with Gasteiger partial charge in [0.2, 0.25) is 0 Å². The van der Waals surface area contributed by atoms with E-state index >= 15 is 0 Å². The van der Waals surface area contributed by atoms with Crippen LogP contribution in [0.15, 0.2) is 59.5 Å². The summed E-state index contributed by atoms with van der Waals surface area (Å²) >= 11 is 1.73. The van der Waals surface area contributed by atoms with Crippen LogP contribution in [0.1, 0.15) is 5.82 Å². The van der Waals surface area contributed by atoms with Crippen molar-refractivity contribution in [3.63, 3.8) is 0 Å². The molecule has 5 nitrogen and oxygen atoms in total. The molecule has 3 aromatic rings. The van der Waals surface area contributed by atoms with Crippen LogP contribution < -0.4 is 5.32 Å². The van der Waals surface area contributed by atoms with E-state index in [-0.39, 0.29) is 0 Å². The summed E-state index contributed by atoms with van der Waals surface area (Å²) in [7, 11) is 0. The second kappa shape index (κ2) is 6.41. The number of nitrogens with one attached hydrogen (secondary N) is 1. The molecule has 1 heterocycles. The number of aromatic nitrogens is 4. The van der Waals surface area contributed by atoms with E-state index in [2.05, 4.69) is 51.4 Å². The fourth-order valence-corrected chi connectivity index (χ4v) is 2.38. The molecule has 0 spiro atoms. The van der Waals surface area contributed by atoms with Gasteiger partial charge in [0.05, 0.1) is 12.2 Å². The van der Waals surface area contributed by atoms with Gasteiger partial charge in [-0.1, -0.05) is 18.2 Å². The minimum atomic E-state index is 0.570. The van der Waals surface area contributed by atoms with E-state index in [0.29, 0.717) is 6.54 Å². The van der Waals surface area contributed by atoms with Crippen molar-refractivity contribution in [2.45, 2.75) is 11.4 Å². The van der Waals surface area contributed by atoms with E-state index in [9.17, 15) is 0 Å². The molecular weight excluding hydrogens is 282 g/mol. The number of benzene rings is 2. The first-order valence-electron chi connectivity index (χ1n) is 6.57. The van der Waals surface area contributed by atoms with Gasteiger partial charge < -0.3 is 5.32 Å². The normalized spacial score (nSPS) is 10.5. The van der Waals surface area contributed by atoms with Crippen molar-refractivity contribution in [2.24, 2.45) is 0 Å². The lowest BCUT2D eigenvalue weighted by molar-refractivity contribution is 0.768. The lowest BCUT2D eigenvalue weighted by Crippen LogP contribution is -2.08. The van der Waals surface area contributed by atoms with Gasteiger partial charge >= 0.3 is 0 Å². The van der Waals surface area contributed by atoms with Crippen LogP contribution in [0.4, 0.5) is 5.69 Å². The Balaban J connectivity index is 1.72. The first kappa shape index (κ1) is 13.6. The predicted octanol–water partition coefficient (Wildman–Crippen LogP) is 3.00. The third-order valence-corrected chi connectivity index (χ3v) is 3.82. The highest BCUT2D eigenvalue weighted by Crippen LogP contribution is 2.18. The van der Waals surface area contributed by atoms with E-state index in [0.717, 1.165) is 17.2 Å². The maximum atomic E-state index is 4.08. The monoisotopic (exact) mass is 297 g/mol. The second-order valence-electron chi connectivity index (χ2n) is 4.42. The lowest BCUT2D eigenvalue weighted by Gasteiger charge is -2.07. The summed E-state index contributed by atoms with van der Waals surface area (Å²) in [4.78, 5) is 1.25. The lowest BCUT2D eigenvalue weighted by atomic mass is 10.3. The van der Waals surface area contributed by atoms with Crippen LogP contribution in [0.3, 0.4) is 0 Å². The highest BCUT2D eigenvalue weighted by molar-refractivity contribution is 7.98. The predicted molar refractivity (Wildman–Crippen MR) is 84.7 cm³/mol. The zero-order valence-corrected chi connectivity index (χ0v) is 12.4. The molecule has 0 amide bonds. The number of para-hydroxylation sites is 1. The molecule has 1 N–H and O–H groups in total. The largest absolute Gasteiger partial charge is 0.378 e. The Morgan fingerprint density at radius 3 is 2.52 bits per heavy atom. The number of tetrazole rings is 1. The van der Waals surface area contributed by atoms with Crippen molar-refractivity contribution in [1.82, 2.24) is 20.2 Å². The van der Waals surface area contributed by atoms with E-state index in [4.69, 9.17) is 0 Å². The molecule has 0 fully saturated rings. The molecule has 3 rings (SSSR count). The maximum absolute atomic E-state index is 4.08. The molecule has 2 aromatic carbocycles. The molecular formula is C15H15N5S. The molecule has 0 aliphatic heterocycles. The Labute approximate surface area is 127 Å². The number of nitrogens with zero attached hydrogens (tertiary/aromatic N) is 4. The van der Waals surface area contributed by atoms with Gasteiger partial charge in [-0.25, -0.2) is 0 Å². The molecule has 0 saturated carbocycles. The number of rotatable bonds is 5. The van der Waals surface area contributed by atoms with Gasteiger partial charge in [-0.15, -0.1) is 16.9 Å². The van der Waals surface area contributed by atoms with Gasteiger partial charge in [0.1, 0.15) is 0 Å². The highest BCUT2D eigenvalue weighted by Gasteiger charge is 2.07. The molecule has 0 aliphatic rings. The highest BCUT2D eigenvalue weighted by atomic mass is 32.2. The summed E-state index contributed by atoms with van der Waals surface area (Å²) in [5, 5.41) is 15.2. The zero-order chi connectivity index (χ0) is 14.5. The Kier molecular flexibility index (Phi) is 4.16. The van der Waals surface area contributed by atoms with Crippen molar-refractivity contribution >= 4 is 17.4 Å². The van der Waals surface area contributed by atoms with Crippen LogP contribution in [0.5, 0.6) is 0 Å². The van der Waals surface area contributed by atoms with Gasteiger partial charge in [-0.3, -0.25) is 0 Å². The molecule has 0 atom stereocenters. The molecule has 0 bridgehead atoms. The van der Waals surface area contributed by atoms with Crippen LogP contribution in [-0.4, -0.2) is 26.5 Å². The molecule has 0 radical (unpaired) electrons. The summed E-state index contributed by atoms with van der Waals surface area (Å²) in [6.45, 7) is 0.570. The summed E-state index contributed by atoms with van der Waals surface area (Å²) < 4.78 is 1.74. The molecule has 0 saturated heterocycles. The first-order valence-corrected chi connectivity index (χ1v) is 7.80. The summed E-state index contributed by atoms with van der Waals surface area (Å²) in [6.07, 6.45) is 2.07. The molecule has 6 heteroatoms. The van der Waals surface area contributed by atoms with Gasteiger partial charge in [-0.05, 0) is 53.1 Å². The van der Waals surface area contributed by atoms with E-state index in [1.807, 2.05) is 30.3 Å². The van der Waals surface area contributed by atoms with Crippen LogP contribution in [0, 0.1) is 0 Å². The molecule has 1 aromatic heterocycles. The fraction of sp³-hybridized carbons (Fsp3) is 0.133. The number of anilines is 1. The van der Waals surface area contributed by atoms with Gasteiger partial charge in [0.25, 0.3) is 0 Å². The van der Waals surface area contributed by atoms with Crippen molar-refractivity contribution in [3.05, 3.63) is 60.4 Å². The third-order valence-electron chi connectivity index (χ3n) is 3.08. The van der Waals surface area contributed by atoms with Gasteiger partial charge in [0, 0.05) is 10.6 Å². The quantitative estimate of drug-likeness (QED) is 0.734. The van der Waals surface area contributed by atoms with E-state index in [1.54, 1.807) is 16.4 Å². The summed E-state index contributed by atoms with van der Waals surface area (Å²) in [6, 6.07) is 18.2. The van der Waals surface area contributed by atoms with Crippen molar-refractivity contribution < 1.29 is 0 Å². The van der Waals surface area contributed by atoms with Crippen molar-refractivity contribution in [1.29, 1.82) is 0 Å². The minimum absolute atomic E-state index is 0.570. The Morgan fingerprint density at radius 2 is 1.81 bits per heavy atom. The van der Waals surface area contributed by atoms with Crippen LogP contribution in [-0.2, 0) is 6.54 Å². The van der Waals surface area contributed by atoms with Crippen LogP contribution in [0.25, 0.3) is 5.69 Å². The molecule has 0 unspecified atom stereocenters. The third kappa shape index (κ3) is 3.22. The van der Waals surface area contributed by atoms with Crippen molar-refractivity contribution in [3.8, 4) is 5.69 Å². The minimum Gasteiger partial charge on any atom is -0.378 e. The summed E-state index contributed by atoms with van der Waals surface area (Å²) in [5.74, 6) is 0.773. The number of thioether (sulfide) groups is 1. The topological polar surface area (TPSA) is 55.6 Å². The first-order chi connectivity index (χ1) is 10.4. The van der Waals surface area contributed by atoms with E-state index < -0.39 is 0 Å². The molecule has 0 aliphatic carbocycles. The Hall–Kier alpha value is -2.34. The van der Waals surface area contributed by atoms with Crippen molar-refractivity contribution in [2.75, 3.05) is 11.6 Å². The Bertz CT molecular complexity index is 694. The Morgan fingerprint density at radius 1 is 1.05 bits per heavy atom. The maximum Gasteiger partial charge on any atom is 0.175 e. The van der Waals surface area contributed by atoms with Gasteiger partial charge in [-0.2, -0.15) is 4.68 Å². The van der Waals surface area contributed by atoms with E-state index in [1.165, 1.54) is 4.90 Å². The number of hydrogen-bond donors (Lipinski definition) is 1. The standard InChI is InChI=1S/C15H15N5S/c1-21-14-9-7-12(8-10-14)16-11-15-17-18-19-20(15)13-5-3-2-4-6-13/h2-10,16H,11H2,1H3. The number of hydrogen-bond acceptors (Lipinski definition) is 5. The average Bonchev–Trinajstić information content (AvgIpc) is 3.03. The molecule has 21 heavy (non-hydrogen) atoms. The SMILES string of the molecule is CSc1ccc(NCc2nnnn2-c2ccccc2)cc1. The van der Waals surface area contributed by atoms with Gasteiger partial charge in [0.15, 0.2) is 5.82 Å². The average molecular weight is 297 g/mol. The van der Waals surface area contributed by atoms with Crippen LogP contribution >= 0.6 is 11.8 Å². The second-order valence-corrected chi connectivity index (χ2v) is 5.30. The van der Waals surface area contributed by atoms with Crippen LogP contribution in [0.2, 0.25) is 0 Å². The smallest absolute Gasteiger partial charge is 0.175 e. The zero-order valence-electron chi connectivity index (χ0n) is 11.6. The summed E-state index contributed by atoms with van der Waals surface area (Å²) in [5.41, 5.74) is 2.01. The molecule has 106 valence electrons.